The molecule has 0 saturated carbocycles. The Labute approximate surface area is 182 Å². The summed E-state index contributed by atoms with van der Waals surface area (Å²) in [5.74, 6) is 0.856. The molecule has 5 rings (SSSR count). The summed E-state index contributed by atoms with van der Waals surface area (Å²) in [6.45, 7) is 2.10. The monoisotopic (exact) mass is 408 g/mol. The lowest BCUT2D eigenvalue weighted by molar-refractivity contribution is 0.414. The SMILES string of the molecule is COc1ccc(C2CC(c3cnn(-c4ccccc4)c3C)=NN2c2ccccc2)cc1. The highest BCUT2D eigenvalue weighted by Crippen LogP contribution is 2.37. The van der Waals surface area contributed by atoms with Crippen molar-refractivity contribution in [2.24, 2.45) is 5.10 Å². The molecule has 0 bridgehead atoms. The van der Waals surface area contributed by atoms with Crippen molar-refractivity contribution < 1.29 is 4.74 Å². The van der Waals surface area contributed by atoms with Crippen molar-refractivity contribution in [3.05, 3.63) is 108 Å². The third kappa shape index (κ3) is 3.59. The predicted octanol–water partition coefficient (Wildman–Crippen LogP) is 5.55. The van der Waals surface area contributed by atoms with E-state index < -0.39 is 0 Å². The van der Waals surface area contributed by atoms with E-state index in [1.54, 1.807) is 7.11 Å². The Balaban J connectivity index is 1.53. The van der Waals surface area contributed by atoms with Gasteiger partial charge in [-0.05, 0) is 48.9 Å². The van der Waals surface area contributed by atoms with Crippen molar-refractivity contribution >= 4 is 11.4 Å². The normalized spacial score (nSPS) is 15.7. The van der Waals surface area contributed by atoms with Crippen LogP contribution in [-0.2, 0) is 0 Å². The van der Waals surface area contributed by atoms with E-state index in [4.69, 9.17) is 9.84 Å². The fourth-order valence-electron chi connectivity index (χ4n) is 4.10. The number of methoxy groups -OCH3 is 1. The summed E-state index contributed by atoms with van der Waals surface area (Å²) in [5.41, 5.74) is 6.55. The first-order valence-electron chi connectivity index (χ1n) is 10.4. The molecule has 0 N–H and O–H groups in total. The van der Waals surface area contributed by atoms with Crippen molar-refractivity contribution in [2.45, 2.75) is 19.4 Å². The molecule has 5 nitrogen and oxygen atoms in total. The number of anilines is 1. The van der Waals surface area contributed by atoms with Gasteiger partial charge in [-0.3, -0.25) is 5.01 Å². The van der Waals surface area contributed by atoms with Crippen LogP contribution in [0.25, 0.3) is 5.69 Å². The summed E-state index contributed by atoms with van der Waals surface area (Å²) < 4.78 is 7.32. The minimum absolute atomic E-state index is 0.114. The number of benzene rings is 3. The molecule has 3 aromatic carbocycles. The maximum Gasteiger partial charge on any atom is 0.118 e. The predicted molar refractivity (Wildman–Crippen MR) is 124 cm³/mol. The van der Waals surface area contributed by atoms with Gasteiger partial charge in [0.2, 0.25) is 0 Å². The molecule has 0 aliphatic carbocycles. The molecule has 31 heavy (non-hydrogen) atoms. The lowest BCUT2D eigenvalue weighted by Crippen LogP contribution is -2.18. The summed E-state index contributed by atoms with van der Waals surface area (Å²) in [7, 11) is 1.69. The van der Waals surface area contributed by atoms with E-state index in [0.29, 0.717) is 0 Å². The standard InChI is InChI=1S/C26H24N4O/c1-19-24(18-27-29(19)21-9-5-3-6-10-21)25-17-26(20-13-15-23(31-2)16-14-20)30(28-25)22-11-7-4-8-12-22/h3-16,18,26H,17H2,1-2H3. The first-order chi connectivity index (χ1) is 15.2. The largest absolute Gasteiger partial charge is 0.497 e. The molecule has 5 heteroatoms. The fourth-order valence-corrected chi connectivity index (χ4v) is 4.10. The second kappa shape index (κ2) is 8.11. The molecule has 1 atom stereocenters. The van der Waals surface area contributed by atoms with Crippen molar-refractivity contribution in [1.82, 2.24) is 9.78 Å². The molecule has 0 fully saturated rings. The Morgan fingerprint density at radius 2 is 1.48 bits per heavy atom. The van der Waals surface area contributed by atoms with Gasteiger partial charge in [-0.1, -0.05) is 48.5 Å². The molecule has 0 radical (unpaired) electrons. The molecule has 2 heterocycles. The highest BCUT2D eigenvalue weighted by Gasteiger charge is 2.31. The molecule has 0 amide bonds. The highest BCUT2D eigenvalue weighted by molar-refractivity contribution is 6.04. The summed E-state index contributed by atoms with van der Waals surface area (Å²) in [6, 6.07) is 28.9. The van der Waals surface area contributed by atoms with E-state index in [9.17, 15) is 0 Å². The van der Waals surface area contributed by atoms with Gasteiger partial charge in [0.1, 0.15) is 5.75 Å². The van der Waals surface area contributed by atoms with Crippen LogP contribution in [0.5, 0.6) is 5.75 Å². The zero-order chi connectivity index (χ0) is 21.2. The van der Waals surface area contributed by atoms with Gasteiger partial charge in [-0.2, -0.15) is 10.2 Å². The first kappa shape index (κ1) is 19.1. The van der Waals surface area contributed by atoms with Crippen molar-refractivity contribution in [2.75, 3.05) is 12.1 Å². The number of para-hydroxylation sites is 2. The van der Waals surface area contributed by atoms with Crippen LogP contribution >= 0.6 is 0 Å². The van der Waals surface area contributed by atoms with Crippen LogP contribution in [0, 0.1) is 6.92 Å². The average Bonchev–Trinajstić information content (AvgIpc) is 3.44. The maximum absolute atomic E-state index is 5.34. The minimum atomic E-state index is 0.114. The molecule has 154 valence electrons. The maximum atomic E-state index is 5.34. The number of rotatable bonds is 5. The van der Waals surface area contributed by atoms with E-state index in [-0.39, 0.29) is 6.04 Å². The number of aromatic nitrogens is 2. The van der Waals surface area contributed by atoms with Crippen LogP contribution in [-0.4, -0.2) is 22.6 Å². The van der Waals surface area contributed by atoms with Gasteiger partial charge in [0, 0.05) is 12.0 Å². The van der Waals surface area contributed by atoms with E-state index >= 15 is 0 Å². The van der Waals surface area contributed by atoms with Crippen molar-refractivity contribution in [3.63, 3.8) is 0 Å². The number of ether oxygens (including phenoxy) is 1. The van der Waals surface area contributed by atoms with E-state index in [1.807, 2.05) is 59.4 Å². The second-order valence-electron chi connectivity index (χ2n) is 7.61. The van der Waals surface area contributed by atoms with Gasteiger partial charge in [-0.25, -0.2) is 4.68 Å². The number of hydrogen-bond donors (Lipinski definition) is 0. The van der Waals surface area contributed by atoms with Gasteiger partial charge in [0.15, 0.2) is 0 Å². The summed E-state index contributed by atoms with van der Waals surface area (Å²) in [6.07, 6.45) is 2.74. The van der Waals surface area contributed by atoms with Crippen LogP contribution in [0.4, 0.5) is 5.69 Å². The quantitative estimate of drug-likeness (QED) is 0.435. The lowest BCUT2D eigenvalue weighted by Gasteiger charge is -2.24. The molecular weight excluding hydrogens is 384 g/mol. The zero-order valence-corrected chi connectivity index (χ0v) is 17.6. The molecule has 1 aliphatic rings. The summed E-state index contributed by atoms with van der Waals surface area (Å²) in [4.78, 5) is 0. The average molecular weight is 409 g/mol. The fraction of sp³-hybridized carbons (Fsp3) is 0.154. The summed E-state index contributed by atoms with van der Waals surface area (Å²) in [5, 5.41) is 11.8. The molecule has 4 aromatic rings. The van der Waals surface area contributed by atoms with Gasteiger partial charge < -0.3 is 4.74 Å². The number of hydrogen-bond acceptors (Lipinski definition) is 4. The van der Waals surface area contributed by atoms with Gasteiger partial charge in [-0.15, -0.1) is 0 Å². The Hall–Kier alpha value is -3.86. The first-order valence-corrected chi connectivity index (χ1v) is 10.4. The summed E-state index contributed by atoms with van der Waals surface area (Å²) >= 11 is 0. The Morgan fingerprint density at radius 1 is 0.839 bits per heavy atom. The van der Waals surface area contributed by atoms with Gasteiger partial charge in [0.25, 0.3) is 0 Å². The second-order valence-corrected chi connectivity index (χ2v) is 7.61. The van der Waals surface area contributed by atoms with Crippen LogP contribution in [0.2, 0.25) is 0 Å². The zero-order valence-electron chi connectivity index (χ0n) is 17.6. The van der Waals surface area contributed by atoms with Crippen LogP contribution in [0.15, 0.2) is 96.2 Å². The minimum Gasteiger partial charge on any atom is -0.497 e. The topological polar surface area (TPSA) is 42.6 Å². The van der Waals surface area contributed by atoms with E-state index in [0.717, 1.165) is 40.5 Å². The third-order valence-corrected chi connectivity index (χ3v) is 5.75. The Morgan fingerprint density at radius 3 is 2.13 bits per heavy atom. The molecule has 0 saturated heterocycles. The molecule has 1 aromatic heterocycles. The molecule has 1 unspecified atom stereocenters. The van der Waals surface area contributed by atoms with Gasteiger partial charge in [0.05, 0.1) is 42.1 Å². The van der Waals surface area contributed by atoms with Crippen molar-refractivity contribution in [3.8, 4) is 11.4 Å². The van der Waals surface area contributed by atoms with E-state index in [1.165, 1.54) is 5.56 Å². The van der Waals surface area contributed by atoms with Crippen molar-refractivity contribution in [1.29, 1.82) is 0 Å². The van der Waals surface area contributed by atoms with Crippen LogP contribution < -0.4 is 9.75 Å². The third-order valence-electron chi connectivity index (χ3n) is 5.75. The lowest BCUT2D eigenvalue weighted by atomic mass is 9.98. The number of hydrazone groups is 1. The molecular formula is C26H24N4O. The number of nitrogens with zero attached hydrogens (tertiary/aromatic N) is 4. The van der Waals surface area contributed by atoms with Gasteiger partial charge >= 0.3 is 0 Å². The molecule has 1 aliphatic heterocycles. The Kier molecular flexibility index (Phi) is 5.00. The smallest absolute Gasteiger partial charge is 0.118 e. The Bertz CT molecular complexity index is 1200. The highest BCUT2D eigenvalue weighted by atomic mass is 16.5. The van der Waals surface area contributed by atoms with Crippen LogP contribution in [0.1, 0.15) is 29.3 Å². The van der Waals surface area contributed by atoms with Crippen LogP contribution in [0.3, 0.4) is 0 Å². The molecule has 0 spiro atoms. The van der Waals surface area contributed by atoms with E-state index in [2.05, 4.69) is 53.4 Å².